The Morgan fingerprint density at radius 2 is 2.07 bits per heavy atom. The molecule has 3 aromatic rings. The monoisotopic (exact) mass is 392 g/mol. The molecule has 0 spiro atoms. The molecule has 0 saturated carbocycles. The summed E-state index contributed by atoms with van der Waals surface area (Å²) in [6.45, 7) is 1.01. The SMILES string of the molecule is C[C@@H](Nc1ncc2c(n1)CCCC=C2c1cc(F)c2ncnn2c1)C(F)(F)F. The highest BCUT2D eigenvalue weighted by Gasteiger charge is 2.36. The standard InChI is InChI=1S/C18H16F4N6/c1-10(18(20,21)22)26-17-23-7-13-12(4-2-3-5-15(13)27-17)11-6-14(19)16-24-9-25-28(16)8-11/h4,6-10H,2-3,5H2,1H3,(H,23,26,27)/t10-/m1/s1. The molecule has 1 aliphatic carbocycles. The van der Waals surface area contributed by atoms with Crippen molar-refractivity contribution in [1.29, 1.82) is 0 Å². The van der Waals surface area contributed by atoms with Crippen LogP contribution in [0.5, 0.6) is 0 Å². The molecule has 146 valence electrons. The van der Waals surface area contributed by atoms with E-state index in [4.69, 9.17) is 0 Å². The quantitative estimate of drug-likeness (QED) is 0.687. The summed E-state index contributed by atoms with van der Waals surface area (Å²) in [5, 5.41) is 6.26. The van der Waals surface area contributed by atoms with E-state index in [0.717, 1.165) is 25.3 Å². The predicted octanol–water partition coefficient (Wildman–Crippen LogP) is 3.79. The lowest BCUT2D eigenvalue weighted by atomic mass is 9.99. The van der Waals surface area contributed by atoms with E-state index >= 15 is 0 Å². The highest BCUT2D eigenvalue weighted by molar-refractivity contribution is 5.81. The fourth-order valence-electron chi connectivity index (χ4n) is 3.11. The van der Waals surface area contributed by atoms with Crippen LogP contribution in [0.15, 0.2) is 30.9 Å². The van der Waals surface area contributed by atoms with Crippen LogP contribution in [0.1, 0.15) is 36.6 Å². The lowest BCUT2D eigenvalue weighted by Crippen LogP contribution is -2.33. The molecular formula is C18H16F4N6. The lowest BCUT2D eigenvalue weighted by Gasteiger charge is -2.18. The molecule has 28 heavy (non-hydrogen) atoms. The van der Waals surface area contributed by atoms with E-state index in [0.29, 0.717) is 23.2 Å². The van der Waals surface area contributed by atoms with Crippen LogP contribution in [0, 0.1) is 5.82 Å². The molecule has 0 amide bonds. The van der Waals surface area contributed by atoms with Gasteiger partial charge in [-0.1, -0.05) is 6.08 Å². The Bertz CT molecular complexity index is 1060. The summed E-state index contributed by atoms with van der Waals surface area (Å²) < 4.78 is 54.0. The first-order valence-corrected chi connectivity index (χ1v) is 8.72. The number of aromatic nitrogens is 5. The third-order valence-electron chi connectivity index (χ3n) is 4.60. The van der Waals surface area contributed by atoms with Crippen LogP contribution in [0.2, 0.25) is 0 Å². The number of aryl methyl sites for hydroxylation is 1. The van der Waals surface area contributed by atoms with Gasteiger partial charge < -0.3 is 5.32 Å². The molecule has 0 bridgehead atoms. The molecule has 0 unspecified atom stereocenters. The smallest absolute Gasteiger partial charge is 0.343 e. The fraction of sp³-hybridized carbons (Fsp3) is 0.333. The van der Waals surface area contributed by atoms with Crippen molar-refractivity contribution in [1.82, 2.24) is 24.6 Å². The molecule has 6 nitrogen and oxygen atoms in total. The number of nitrogens with one attached hydrogen (secondary N) is 1. The number of fused-ring (bicyclic) bond motifs is 2. The first-order valence-electron chi connectivity index (χ1n) is 8.72. The third-order valence-corrected chi connectivity index (χ3v) is 4.60. The summed E-state index contributed by atoms with van der Waals surface area (Å²) in [5.74, 6) is -0.595. The van der Waals surface area contributed by atoms with Gasteiger partial charge in [0.25, 0.3) is 0 Å². The normalized spacial score (nSPS) is 15.7. The van der Waals surface area contributed by atoms with Crippen LogP contribution in [-0.2, 0) is 6.42 Å². The average Bonchev–Trinajstić information content (AvgIpc) is 3.01. The van der Waals surface area contributed by atoms with Crippen molar-refractivity contribution in [3.05, 3.63) is 53.5 Å². The fourth-order valence-corrected chi connectivity index (χ4v) is 3.11. The zero-order valence-electron chi connectivity index (χ0n) is 14.8. The van der Waals surface area contributed by atoms with Crippen molar-refractivity contribution in [2.75, 3.05) is 5.32 Å². The Kier molecular flexibility index (Phi) is 4.48. The first-order chi connectivity index (χ1) is 13.3. The zero-order valence-corrected chi connectivity index (χ0v) is 14.8. The Hall–Kier alpha value is -3.04. The molecular weight excluding hydrogens is 376 g/mol. The number of anilines is 1. The average molecular weight is 392 g/mol. The van der Waals surface area contributed by atoms with Gasteiger partial charge in [0.1, 0.15) is 12.4 Å². The van der Waals surface area contributed by atoms with Gasteiger partial charge in [-0.15, -0.1) is 0 Å². The number of rotatable bonds is 3. The number of hydrogen-bond acceptors (Lipinski definition) is 5. The molecule has 10 heteroatoms. The van der Waals surface area contributed by atoms with Crippen molar-refractivity contribution >= 4 is 17.2 Å². The second-order valence-electron chi connectivity index (χ2n) is 6.58. The van der Waals surface area contributed by atoms with Gasteiger partial charge in [-0.25, -0.2) is 23.9 Å². The number of pyridine rings is 1. The first kappa shape index (κ1) is 18.3. The summed E-state index contributed by atoms with van der Waals surface area (Å²) in [6.07, 6.45) is 4.05. The topological polar surface area (TPSA) is 68.0 Å². The van der Waals surface area contributed by atoms with Crippen LogP contribution in [-0.4, -0.2) is 36.8 Å². The predicted molar refractivity (Wildman–Crippen MR) is 94.1 cm³/mol. The van der Waals surface area contributed by atoms with Gasteiger partial charge in [0.05, 0.1) is 5.69 Å². The zero-order chi connectivity index (χ0) is 19.9. The minimum atomic E-state index is -4.40. The Labute approximate surface area is 157 Å². The summed E-state index contributed by atoms with van der Waals surface area (Å²) in [7, 11) is 0. The second-order valence-corrected chi connectivity index (χ2v) is 6.58. The Balaban J connectivity index is 1.72. The third kappa shape index (κ3) is 3.41. The Morgan fingerprint density at radius 3 is 2.86 bits per heavy atom. The van der Waals surface area contributed by atoms with Gasteiger partial charge in [0.2, 0.25) is 5.95 Å². The van der Waals surface area contributed by atoms with E-state index in [2.05, 4.69) is 25.4 Å². The maximum absolute atomic E-state index is 14.3. The van der Waals surface area contributed by atoms with Crippen LogP contribution in [0.25, 0.3) is 11.2 Å². The molecule has 1 aliphatic rings. The molecule has 0 fully saturated rings. The van der Waals surface area contributed by atoms with Gasteiger partial charge in [0, 0.05) is 23.5 Å². The molecule has 0 aliphatic heterocycles. The highest BCUT2D eigenvalue weighted by atomic mass is 19.4. The molecule has 1 atom stereocenters. The van der Waals surface area contributed by atoms with Crippen molar-refractivity contribution < 1.29 is 17.6 Å². The largest absolute Gasteiger partial charge is 0.408 e. The lowest BCUT2D eigenvalue weighted by molar-refractivity contribution is -0.138. The highest BCUT2D eigenvalue weighted by Crippen LogP contribution is 2.31. The van der Waals surface area contributed by atoms with Gasteiger partial charge in [0.15, 0.2) is 11.5 Å². The van der Waals surface area contributed by atoms with Crippen LogP contribution in [0.3, 0.4) is 0 Å². The van der Waals surface area contributed by atoms with E-state index in [1.807, 2.05) is 6.08 Å². The van der Waals surface area contributed by atoms with E-state index in [-0.39, 0.29) is 11.6 Å². The number of hydrogen-bond donors (Lipinski definition) is 1. The Morgan fingerprint density at radius 1 is 1.25 bits per heavy atom. The molecule has 4 rings (SSSR count). The summed E-state index contributed by atoms with van der Waals surface area (Å²) in [4.78, 5) is 12.2. The summed E-state index contributed by atoms with van der Waals surface area (Å²) in [5.41, 5.74) is 2.71. The number of nitrogens with zero attached hydrogens (tertiary/aromatic N) is 5. The van der Waals surface area contributed by atoms with E-state index in [9.17, 15) is 17.6 Å². The van der Waals surface area contributed by atoms with Crippen molar-refractivity contribution in [2.24, 2.45) is 0 Å². The number of allylic oxidation sites excluding steroid dienone is 1. The van der Waals surface area contributed by atoms with Gasteiger partial charge in [-0.2, -0.15) is 18.3 Å². The number of alkyl halides is 3. The number of halogens is 4. The maximum atomic E-state index is 14.3. The van der Waals surface area contributed by atoms with Crippen molar-refractivity contribution in [2.45, 2.75) is 38.4 Å². The van der Waals surface area contributed by atoms with Crippen molar-refractivity contribution in [3.63, 3.8) is 0 Å². The second kappa shape index (κ2) is 6.84. The maximum Gasteiger partial charge on any atom is 0.408 e. The summed E-state index contributed by atoms with van der Waals surface area (Å²) in [6, 6.07) is -0.404. The molecule has 1 N–H and O–H groups in total. The van der Waals surface area contributed by atoms with Gasteiger partial charge in [-0.05, 0) is 37.8 Å². The molecule has 0 radical (unpaired) electrons. The van der Waals surface area contributed by atoms with E-state index in [1.165, 1.54) is 23.1 Å². The van der Waals surface area contributed by atoms with E-state index in [1.54, 1.807) is 6.20 Å². The van der Waals surface area contributed by atoms with Crippen LogP contribution < -0.4 is 5.32 Å². The molecule has 3 aromatic heterocycles. The van der Waals surface area contributed by atoms with Crippen LogP contribution >= 0.6 is 0 Å². The molecule has 0 aromatic carbocycles. The molecule has 0 saturated heterocycles. The van der Waals surface area contributed by atoms with E-state index < -0.39 is 18.0 Å². The minimum Gasteiger partial charge on any atom is -0.343 e. The summed E-state index contributed by atoms with van der Waals surface area (Å²) >= 11 is 0. The van der Waals surface area contributed by atoms with Crippen LogP contribution in [0.4, 0.5) is 23.5 Å². The molecule has 3 heterocycles. The van der Waals surface area contributed by atoms with Crippen molar-refractivity contribution in [3.8, 4) is 0 Å². The van der Waals surface area contributed by atoms with Gasteiger partial charge in [-0.3, -0.25) is 0 Å². The minimum absolute atomic E-state index is 0.0808. The van der Waals surface area contributed by atoms with Gasteiger partial charge >= 0.3 is 6.18 Å².